The molecule has 1 nitrogen and oxygen atoms in total. The van der Waals surface area contributed by atoms with Crippen LogP contribution in [0.15, 0.2) is 40.5 Å². The van der Waals surface area contributed by atoms with Gasteiger partial charge in [-0.1, -0.05) is 53.0 Å². The number of hydrogen-bond donors (Lipinski definition) is 0. The summed E-state index contributed by atoms with van der Waals surface area (Å²) in [5.74, 6) is 0. The first-order valence-corrected chi connectivity index (χ1v) is 5.65. The minimum atomic E-state index is 0.186. The Bertz CT molecular complexity index is 427. The first-order valence-electron chi connectivity index (χ1n) is 3.96. The fourth-order valence-electron chi connectivity index (χ4n) is 1.14. The summed E-state index contributed by atoms with van der Waals surface area (Å²) in [7, 11) is 0. The highest BCUT2D eigenvalue weighted by atomic mass is 32.2. The lowest BCUT2D eigenvalue weighted by Gasteiger charge is -1.95. The monoisotopic (exact) mass is 208 g/mol. The van der Waals surface area contributed by atoms with E-state index in [1.807, 2.05) is 23.6 Å². The van der Waals surface area contributed by atoms with Gasteiger partial charge in [-0.05, 0) is 5.56 Å². The van der Waals surface area contributed by atoms with Crippen molar-refractivity contribution in [1.29, 1.82) is 0 Å². The van der Waals surface area contributed by atoms with Crippen molar-refractivity contribution in [3.8, 4) is 0 Å². The average molecular weight is 208 g/mol. The molecule has 0 aliphatic rings. The van der Waals surface area contributed by atoms with Crippen molar-refractivity contribution < 1.29 is 0 Å². The predicted molar refractivity (Wildman–Crippen MR) is 57.7 cm³/mol. The van der Waals surface area contributed by atoms with Gasteiger partial charge in [0.15, 0.2) is 0 Å². The lowest BCUT2D eigenvalue weighted by Crippen LogP contribution is -1.83. The molecular formula is C10H8OS2. The molecule has 0 unspecified atom stereocenters. The van der Waals surface area contributed by atoms with E-state index in [9.17, 15) is 4.79 Å². The molecule has 0 amide bonds. The molecule has 2 aromatic rings. The van der Waals surface area contributed by atoms with Crippen LogP contribution in [-0.4, -0.2) is 0 Å². The fraction of sp³-hybridized carbons (Fsp3) is 0.100. The quantitative estimate of drug-likeness (QED) is 0.741. The predicted octanol–water partition coefficient (Wildman–Crippen LogP) is 2.76. The molecule has 1 aromatic heterocycles. The van der Waals surface area contributed by atoms with Gasteiger partial charge >= 0.3 is 0 Å². The van der Waals surface area contributed by atoms with Gasteiger partial charge in [0.05, 0.1) is 0 Å². The third-order valence-electron chi connectivity index (χ3n) is 1.72. The van der Waals surface area contributed by atoms with Crippen molar-refractivity contribution in [3.63, 3.8) is 0 Å². The zero-order valence-corrected chi connectivity index (χ0v) is 8.53. The number of hydrogen-bond acceptors (Lipinski definition) is 3. The summed E-state index contributed by atoms with van der Waals surface area (Å²) in [6, 6.07) is 10.2. The Morgan fingerprint density at radius 3 is 2.54 bits per heavy atom. The molecule has 0 N–H and O–H groups in total. The molecule has 0 aliphatic carbocycles. The highest BCUT2D eigenvalue weighted by molar-refractivity contribution is 7.26. The molecule has 0 atom stereocenters. The summed E-state index contributed by atoms with van der Waals surface area (Å²) >= 11 is 2.63. The van der Waals surface area contributed by atoms with E-state index in [0.717, 1.165) is 11.3 Å². The van der Waals surface area contributed by atoms with Crippen LogP contribution in [-0.2, 0) is 6.42 Å². The minimum absolute atomic E-state index is 0.186. The molecular weight excluding hydrogens is 200 g/mol. The molecule has 1 aromatic carbocycles. The summed E-state index contributed by atoms with van der Waals surface area (Å²) < 4.78 is 0.186. The van der Waals surface area contributed by atoms with E-state index in [2.05, 4.69) is 12.1 Å². The Hall–Kier alpha value is -0.930. The van der Waals surface area contributed by atoms with Gasteiger partial charge in [0.1, 0.15) is 0 Å². The van der Waals surface area contributed by atoms with Crippen LogP contribution in [0.1, 0.15) is 10.4 Å². The van der Waals surface area contributed by atoms with Crippen LogP contribution >= 0.6 is 22.7 Å². The van der Waals surface area contributed by atoms with E-state index in [-0.39, 0.29) is 4.06 Å². The molecule has 1 heterocycles. The largest absolute Gasteiger partial charge is 0.287 e. The lowest BCUT2D eigenvalue weighted by molar-refractivity contribution is 1.25. The van der Waals surface area contributed by atoms with E-state index < -0.39 is 0 Å². The Balaban J connectivity index is 2.20. The fourth-order valence-corrected chi connectivity index (χ4v) is 2.90. The Labute approximate surface area is 84.3 Å². The molecule has 0 aliphatic heterocycles. The molecule has 0 spiro atoms. The maximum atomic E-state index is 10.9. The zero-order chi connectivity index (χ0) is 9.10. The maximum absolute atomic E-state index is 10.9. The Morgan fingerprint density at radius 2 is 1.92 bits per heavy atom. The smallest absolute Gasteiger partial charge is 0.265 e. The van der Waals surface area contributed by atoms with Crippen molar-refractivity contribution in [2.24, 2.45) is 0 Å². The van der Waals surface area contributed by atoms with Crippen LogP contribution < -0.4 is 4.06 Å². The SMILES string of the molecule is O=c1scc(Cc2ccccc2)s1. The average Bonchev–Trinajstić information content (AvgIpc) is 2.53. The van der Waals surface area contributed by atoms with Crippen molar-refractivity contribution in [2.45, 2.75) is 6.42 Å². The van der Waals surface area contributed by atoms with Crippen LogP contribution in [0.3, 0.4) is 0 Å². The minimum Gasteiger partial charge on any atom is -0.265 e. The molecule has 3 heteroatoms. The van der Waals surface area contributed by atoms with Crippen LogP contribution in [0.2, 0.25) is 0 Å². The van der Waals surface area contributed by atoms with E-state index in [1.165, 1.54) is 28.2 Å². The topological polar surface area (TPSA) is 17.1 Å². The van der Waals surface area contributed by atoms with Crippen LogP contribution in [0.5, 0.6) is 0 Å². The number of rotatable bonds is 2. The van der Waals surface area contributed by atoms with Crippen LogP contribution in [0.25, 0.3) is 0 Å². The third-order valence-corrected chi connectivity index (χ3v) is 3.70. The van der Waals surface area contributed by atoms with Gasteiger partial charge < -0.3 is 0 Å². The molecule has 66 valence electrons. The Kier molecular flexibility index (Phi) is 2.57. The molecule has 13 heavy (non-hydrogen) atoms. The molecule has 0 bridgehead atoms. The summed E-state index contributed by atoms with van der Waals surface area (Å²) in [5.41, 5.74) is 1.26. The van der Waals surface area contributed by atoms with Crippen molar-refractivity contribution >= 4 is 22.7 Å². The number of benzene rings is 1. The summed E-state index contributed by atoms with van der Waals surface area (Å²) in [5, 5.41) is 1.94. The molecule has 0 radical (unpaired) electrons. The first kappa shape index (κ1) is 8.66. The van der Waals surface area contributed by atoms with E-state index in [4.69, 9.17) is 0 Å². The van der Waals surface area contributed by atoms with Gasteiger partial charge in [-0.25, -0.2) is 0 Å². The van der Waals surface area contributed by atoms with Crippen molar-refractivity contribution in [2.75, 3.05) is 0 Å². The second kappa shape index (κ2) is 3.85. The zero-order valence-electron chi connectivity index (χ0n) is 6.90. The van der Waals surface area contributed by atoms with Crippen molar-refractivity contribution in [1.82, 2.24) is 0 Å². The van der Waals surface area contributed by atoms with Gasteiger partial charge in [-0.2, -0.15) is 0 Å². The molecule has 0 saturated carbocycles. The first-order chi connectivity index (χ1) is 6.34. The highest BCUT2D eigenvalue weighted by Crippen LogP contribution is 2.13. The summed E-state index contributed by atoms with van der Waals surface area (Å²) in [4.78, 5) is 12.1. The van der Waals surface area contributed by atoms with Crippen LogP contribution in [0.4, 0.5) is 0 Å². The van der Waals surface area contributed by atoms with Gasteiger partial charge in [0.25, 0.3) is 4.06 Å². The second-order valence-corrected chi connectivity index (χ2v) is 4.92. The van der Waals surface area contributed by atoms with E-state index in [0.29, 0.717) is 0 Å². The Morgan fingerprint density at radius 1 is 1.15 bits per heavy atom. The third kappa shape index (κ3) is 2.26. The normalized spacial score (nSPS) is 10.2. The van der Waals surface area contributed by atoms with Gasteiger partial charge in [0.2, 0.25) is 0 Å². The lowest BCUT2D eigenvalue weighted by atomic mass is 10.1. The molecule has 2 rings (SSSR count). The van der Waals surface area contributed by atoms with Crippen LogP contribution in [0, 0.1) is 0 Å². The standard InChI is InChI=1S/C10H8OS2/c11-10-12-7-9(13-10)6-8-4-2-1-3-5-8/h1-5,7H,6H2. The van der Waals surface area contributed by atoms with Gasteiger partial charge in [-0.3, -0.25) is 4.79 Å². The highest BCUT2D eigenvalue weighted by Gasteiger charge is 1.98. The van der Waals surface area contributed by atoms with Crippen molar-refractivity contribution in [3.05, 3.63) is 55.0 Å². The summed E-state index contributed by atoms with van der Waals surface area (Å²) in [6.07, 6.45) is 0.879. The summed E-state index contributed by atoms with van der Waals surface area (Å²) in [6.45, 7) is 0. The molecule has 0 saturated heterocycles. The van der Waals surface area contributed by atoms with E-state index >= 15 is 0 Å². The van der Waals surface area contributed by atoms with Gasteiger partial charge in [-0.15, -0.1) is 0 Å². The van der Waals surface area contributed by atoms with E-state index in [1.54, 1.807) is 0 Å². The second-order valence-electron chi connectivity index (χ2n) is 2.72. The van der Waals surface area contributed by atoms with Gasteiger partial charge in [0, 0.05) is 16.7 Å². The molecule has 0 fully saturated rings. The maximum Gasteiger partial charge on any atom is 0.287 e.